The van der Waals surface area contributed by atoms with Gasteiger partial charge in [0, 0.05) is 12.1 Å². The summed E-state index contributed by atoms with van der Waals surface area (Å²) in [5.74, 6) is 0.210. The molecular weight excluding hydrogens is 226 g/mol. The molecule has 0 fully saturated rings. The Kier molecular flexibility index (Phi) is 3.40. The Bertz CT molecular complexity index is 445. The third-order valence-corrected chi connectivity index (χ3v) is 1.91. The monoisotopic (exact) mass is 241 g/mol. The number of nitrogens with zero attached hydrogens (tertiary/aromatic N) is 2. The van der Waals surface area contributed by atoms with Gasteiger partial charge in [0.15, 0.2) is 0 Å². The topological polar surface area (TPSA) is 86.4 Å². The van der Waals surface area contributed by atoms with Gasteiger partial charge in [-0.1, -0.05) is 0 Å². The van der Waals surface area contributed by atoms with Crippen LogP contribution in [0.5, 0.6) is 0 Å². The minimum Gasteiger partial charge on any atom is -0.444 e. The van der Waals surface area contributed by atoms with Gasteiger partial charge in [0.25, 0.3) is 0 Å². The van der Waals surface area contributed by atoms with E-state index in [9.17, 15) is 14.9 Å². The number of rotatable bonds is 2. The molecule has 7 nitrogen and oxygen atoms in total. The molecule has 0 saturated heterocycles. The first kappa shape index (κ1) is 13.0. The van der Waals surface area contributed by atoms with Crippen LogP contribution in [-0.2, 0) is 11.8 Å². The molecule has 1 rings (SSSR count). The van der Waals surface area contributed by atoms with Crippen LogP contribution in [0, 0.1) is 10.1 Å². The molecule has 0 atom stereocenters. The Morgan fingerprint density at radius 3 is 2.47 bits per heavy atom. The van der Waals surface area contributed by atoms with Gasteiger partial charge >= 0.3 is 11.9 Å². The van der Waals surface area contributed by atoms with Crippen LogP contribution in [0.2, 0.25) is 0 Å². The van der Waals surface area contributed by atoms with Gasteiger partial charge < -0.3 is 14.9 Å². The fraction of sp³-hybridized carbons (Fsp3) is 0.500. The molecule has 0 aromatic carbocycles. The Morgan fingerprint density at radius 2 is 2.06 bits per heavy atom. The quantitative estimate of drug-likeness (QED) is 0.635. The first-order valence-corrected chi connectivity index (χ1v) is 5.01. The summed E-state index contributed by atoms with van der Waals surface area (Å²) < 4.78 is 6.30. The maximum absolute atomic E-state index is 11.4. The maximum Gasteiger partial charge on any atom is 0.414 e. The summed E-state index contributed by atoms with van der Waals surface area (Å²) >= 11 is 0. The van der Waals surface area contributed by atoms with E-state index in [2.05, 4.69) is 5.32 Å². The summed E-state index contributed by atoms with van der Waals surface area (Å²) in [6.07, 6.45) is -0.645. The maximum atomic E-state index is 11.4. The molecule has 94 valence electrons. The van der Waals surface area contributed by atoms with Crippen molar-refractivity contribution >= 4 is 17.7 Å². The standard InChI is InChI=1S/C10H15N3O4/c1-10(2,3)17-9(14)11-7-5-6-8(12(7)4)13(15)16/h5-6H,1-4H3,(H,11,14). The lowest BCUT2D eigenvalue weighted by atomic mass is 10.2. The van der Waals surface area contributed by atoms with Gasteiger partial charge in [-0.2, -0.15) is 0 Å². The van der Waals surface area contributed by atoms with Gasteiger partial charge in [0.2, 0.25) is 5.82 Å². The van der Waals surface area contributed by atoms with Crippen molar-refractivity contribution in [3.05, 3.63) is 22.2 Å². The van der Waals surface area contributed by atoms with Gasteiger partial charge in [0.05, 0.1) is 7.05 Å². The van der Waals surface area contributed by atoms with Gasteiger partial charge in [0.1, 0.15) is 5.60 Å². The highest BCUT2D eigenvalue weighted by molar-refractivity contribution is 5.84. The molecule has 0 radical (unpaired) electrons. The number of ether oxygens (including phenoxy) is 1. The van der Waals surface area contributed by atoms with Crippen LogP contribution in [0.1, 0.15) is 20.8 Å². The molecule has 1 aromatic heterocycles. The number of hydrogen-bond donors (Lipinski definition) is 1. The summed E-state index contributed by atoms with van der Waals surface area (Å²) in [5.41, 5.74) is -0.610. The predicted molar refractivity (Wildman–Crippen MR) is 61.9 cm³/mol. The second-order valence-corrected chi connectivity index (χ2v) is 4.52. The largest absolute Gasteiger partial charge is 0.444 e. The summed E-state index contributed by atoms with van der Waals surface area (Å²) in [6, 6.07) is 2.76. The predicted octanol–water partition coefficient (Wildman–Crippen LogP) is 2.28. The number of aromatic nitrogens is 1. The number of nitro groups is 1. The number of amides is 1. The van der Waals surface area contributed by atoms with Gasteiger partial charge in [-0.25, -0.2) is 9.36 Å². The molecule has 7 heteroatoms. The Balaban J connectivity index is 2.76. The van der Waals surface area contributed by atoms with Gasteiger partial charge in [-0.15, -0.1) is 0 Å². The second kappa shape index (κ2) is 4.44. The third-order valence-electron chi connectivity index (χ3n) is 1.91. The average molecular weight is 241 g/mol. The van der Waals surface area contributed by atoms with E-state index >= 15 is 0 Å². The molecule has 1 amide bonds. The number of hydrogen-bond acceptors (Lipinski definition) is 4. The molecule has 1 N–H and O–H groups in total. The molecule has 0 aliphatic heterocycles. The normalized spacial score (nSPS) is 11.1. The summed E-state index contributed by atoms with van der Waals surface area (Å²) in [6.45, 7) is 5.21. The fourth-order valence-corrected chi connectivity index (χ4v) is 1.22. The highest BCUT2D eigenvalue weighted by Gasteiger charge is 2.20. The van der Waals surface area contributed by atoms with E-state index in [1.165, 1.54) is 23.7 Å². The van der Waals surface area contributed by atoms with E-state index < -0.39 is 16.6 Å². The van der Waals surface area contributed by atoms with Crippen LogP contribution in [0.4, 0.5) is 16.4 Å². The van der Waals surface area contributed by atoms with Gasteiger partial charge in [-0.05, 0) is 25.7 Å². The fourth-order valence-electron chi connectivity index (χ4n) is 1.22. The molecule has 0 aliphatic rings. The highest BCUT2D eigenvalue weighted by Crippen LogP contribution is 2.19. The van der Waals surface area contributed by atoms with Crippen LogP contribution >= 0.6 is 0 Å². The molecule has 1 heterocycles. The van der Waals surface area contributed by atoms with Crippen LogP contribution in [0.25, 0.3) is 0 Å². The van der Waals surface area contributed by atoms with Crippen molar-refractivity contribution in [3.8, 4) is 0 Å². The third kappa shape index (κ3) is 3.47. The number of anilines is 1. The molecule has 0 aliphatic carbocycles. The summed E-state index contributed by atoms with van der Waals surface area (Å²) in [4.78, 5) is 21.5. The Morgan fingerprint density at radius 1 is 1.47 bits per heavy atom. The van der Waals surface area contributed by atoms with Crippen molar-refractivity contribution < 1.29 is 14.5 Å². The van der Waals surface area contributed by atoms with Crippen LogP contribution in [0.15, 0.2) is 12.1 Å². The van der Waals surface area contributed by atoms with Crippen molar-refractivity contribution in [2.45, 2.75) is 26.4 Å². The SMILES string of the molecule is Cn1c(NC(=O)OC(C)(C)C)ccc1[N+](=O)[O-]. The molecular formula is C10H15N3O4. The van der Waals surface area contributed by atoms with E-state index in [1.54, 1.807) is 20.8 Å². The lowest BCUT2D eigenvalue weighted by molar-refractivity contribution is -0.391. The molecule has 1 aromatic rings. The van der Waals surface area contributed by atoms with Crippen molar-refractivity contribution in [2.24, 2.45) is 7.05 Å². The lowest BCUT2D eigenvalue weighted by Crippen LogP contribution is -2.27. The average Bonchev–Trinajstić information content (AvgIpc) is 2.44. The molecule has 17 heavy (non-hydrogen) atoms. The molecule has 0 spiro atoms. The second-order valence-electron chi connectivity index (χ2n) is 4.52. The van der Waals surface area contributed by atoms with Crippen LogP contribution < -0.4 is 5.32 Å². The Labute approximate surface area is 98.5 Å². The zero-order chi connectivity index (χ0) is 13.2. The summed E-state index contributed by atoms with van der Waals surface area (Å²) in [5, 5.41) is 13.0. The zero-order valence-corrected chi connectivity index (χ0v) is 10.2. The number of nitrogens with one attached hydrogen (secondary N) is 1. The minimum atomic E-state index is -0.645. The van der Waals surface area contributed by atoms with Gasteiger partial charge in [-0.3, -0.25) is 5.32 Å². The van der Waals surface area contributed by atoms with E-state index in [1.807, 2.05) is 0 Å². The number of carbonyl (C=O) groups excluding carboxylic acids is 1. The molecule has 0 unspecified atom stereocenters. The first-order chi connectivity index (χ1) is 7.70. The van der Waals surface area contributed by atoms with E-state index in [0.717, 1.165) is 0 Å². The van der Waals surface area contributed by atoms with E-state index in [0.29, 0.717) is 5.82 Å². The van der Waals surface area contributed by atoms with Crippen molar-refractivity contribution in [1.82, 2.24) is 4.57 Å². The lowest BCUT2D eigenvalue weighted by Gasteiger charge is -2.19. The minimum absolute atomic E-state index is 0.101. The van der Waals surface area contributed by atoms with Crippen LogP contribution in [-0.4, -0.2) is 21.2 Å². The zero-order valence-electron chi connectivity index (χ0n) is 10.2. The highest BCUT2D eigenvalue weighted by atomic mass is 16.6. The van der Waals surface area contributed by atoms with E-state index in [4.69, 9.17) is 4.74 Å². The smallest absolute Gasteiger partial charge is 0.414 e. The summed E-state index contributed by atoms with van der Waals surface area (Å²) in [7, 11) is 1.49. The van der Waals surface area contributed by atoms with Crippen molar-refractivity contribution in [2.75, 3.05) is 5.32 Å². The van der Waals surface area contributed by atoms with Crippen molar-refractivity contribution in [3.63, 3.8) is 0 Å². The Hall–Kier alpha value is -2.05. The number of carbonyl (C=O) groups is 1. The first-order valence-electron chi connectivity index (χ1n) is 5.01. The van der Waals surface area contributed by atoms with E-state index in [-0.39, 0.29) is 5.82 Å². The molecule has 0 saturated carbocycles. The molecule has 0 bridgehead atoms. The van der Waals surface area contributed by atoms with Crippen LogP contribution in [0.3, 0.4) is 0 Å². The van der Waals surface area contributed by atoms with Crippen molar-refractivity contribution in [1.29, 1.82) is 0 Å².